The van der Waals surface area contributed by atoms with Crippen LogP contribution < -0.4 is 5.32 Å². The van der Waals surface area contributed by atoms with E-state index in [1.807, 2.05) is 25.1 Å². The second-order valence-corrected chi connectivity index (χ2v) is 2.99. The number of hydrogen-bond donors (Lipinski definition) is 2. The largest absolute Gasteiger partial charge is 0.393 e. The molecule has 13 heavy (non-hydrogen) atoms. The van der Waals surface area contributed by atoms with Crippen molar-refractivity contribution in [2.75, 3.05) is 11.9 Å². The summed E-state index contributed by atoms with van der Waals surface area (Å²) in [5, 5.41) is 12.4. The van der Waals surface area contributed by atoms with E-state index in [9.17, 15) is 5.11 Å². The van der Waals surface area contributed by atoms with Gasteiger partial charge in [0.05, 0.1) is 6.10 Å². The number of pyridine rings is 1. The van der Waals surface area contributed by atoms with Gasteiger partial charge in [0.25, 0.3) is 0 Å². The first kappa shape index (κ1) is 9.99. The number of nitrogens with zero attached hydrogens (tertiary/aromatic N) is 1. The third kappa shape index (κ3) is 3.90. The third-order valence-corrected chi connectivity index (χ3v) is 1.92. The molecule has 1 aromatic heterocycles. The Balaban J connectivity index is 2.20. The van der Waals surface area contributed by atoms with Gasteiger partial charge in [-0.05, 0) is 25.0 Å². The summed E-state index contributed by atoms with van der Waals surface area (Å²) in [7, 11) is 0. The Morgan fingerprint density at radius 1 is 1.54 bits per heavy atom. The second-order valence-electron chi connectivity index (χ2n) is 2.99. The Morgan fingerprint density at radius 2 is 2.38 bits per heavy atom. The molecule has 0 radical (unpaired) electrons. The van der Waals surface area contributed by atoms with Crippen molar-refractivity contribution in [3.8, 4) is 0 Å². The highest BCUT2D eigenvalue weighted by atomic mass is 16.3. The van der Waals surface area contributed by atoms with Crippen LogP contribution in [0.25, 0.3) is 0 Å². The molecular formula is C10H16N2O. The lowest BCUT2D eigenvalue weighted by Gasteiger charge is -2.08. The van der Waals surface area contributed by atoms with Crippen molar-refractivity contribution in [3.05, 3.63) is 24.4 Å². The van der Waals surface area contributed by atoms with Gasteiger partial charge in [-0.15, -0.1) is 0 Å². The zero-order chi connectivity index (χ0) is 9.52. The minimum atomic E-state index is -0.198. The van der Waals surface area contributed by atoms with Gasteiger partial charge >= 0.3 is 0 Å². The highest BCUT2D eigenvalue weighted by molar-refractivity contribution is 5.32. The predicted octanol–water partition coefficient (Wildman–Crippen LogP) is 1.65. The van der Waals surface area contributed by atoms with Gasteiger partial charge in [-0.1, -0.05) is 13.0 Å². The minimum Gasteiger partial charge on any atom is -0.393 e. The molecule has 1 heterocycles. The van der Waals surface area contributed by atoms with E-state index in [2.05, 4.69) is 10.3 Å². The van der Waals surface area contributed by atoms with Crippen LogP contribution in [0.15, 0.2) is 24.4 Å². The van der Waals surface area contributed by atoms with E-state index < -0.39 is 0 Å². The summed E-state index contributed by atoms with van der Waals surface area (Å²) < 4.78 is 0. The van der Waals surface area contributed by atoms with Gasteiger partial charge in [0.1, 0.15) is 5.82 Å². The monoisotopic (exact) mass is 180 g/mol. The molecule has 0 saturated carbocycles. The highest BCUT2D eigenvalue weighted by Crippen LogP contribution is 2.01. The predicted molar refractivity (Wildman–Crippen MR) is 53.6 cm³/mol. The molecule has 0 aliphatic heterocycles. The molecule has 1 atom stereocenters. The zero-order valence-electron chi connectivity index (χ0n) is 7.90. The molecule has 72 valence electrons. The van der Waals surface area contributed by atoms with Gasteiger partial charge in [0, 0.05) is 12.7 Å². The average Bonchev–Trinajstić information content (AvgIpc) is 2.19. The van der Waals surface area contributed by atoms with E-state index in [-0.39, 0.29) is 6.10 Å². The molecule has 0 saturated heterocycles. The van der Waals surface area contributed by atoms with Crippen LogP contribution >= 0.6 is 0 Å². The van der Waals surface area contributed by atoms with Gasteiger partial charge in [0.15, 0.2) is 0 Å². The van der Waals surface area contributed by atoms with E-state index in [1.54, 1.807) is 6.20 Å². The summed E-state index contributed by atoms with van der Waals surface area (Å²) in [4.78, 5) is 4.11. The second kappa shape index (κ2) is 5.54. The fourth-order valence-corrected chi connectivity index (χ4v) is 1.04. The topological polar surface area (TPSA) is 45.1 Å². The highest BCUT2D eigenvalue weighted by Gasteiger charge is 1.99. The Hall–Kier alpha value is -1.09. The molecule has 1 aromatic rings. The van der Waals surface area contributed by atoms with Crippen molar-refractivity contribution in [2.45, 2.75) is 25.9 Å². The fourth-order valence-electron chi connectivity index (χ4n) is 1.04. The maximum atomic E-state index is 9.28. The van der Waals surface area contributed by atoms with Crippen LogP contribution in [0.2, 0.25) is 0 Å². The van der Waals surface area contributed by atoms with Crippen LogP contribution in [0.3, 0.4) is 0 Å². The number of nitrogens with one attached hydrogen (secondary N) is 1. The van der Waals surface area contributed by atoms with Crippen molar-refractivity contribution in [3.63, 3.8) is 0 Å². The quantitative estimate of drug-likeness (QED) is 0.724. The summed E-state index contributed by atoms with van der Waals surface area (Å²) in [6.45, 7) is 2.75. The van der Waals surface area contributed by atoms with Gasteiger partial charge in [-0.2, -0.15) is 0 Å². The number of rotatable bonds is 5. The van der Waals surface area contributed by atoms with Crippen molar-refractivity contribution >= 4 is 5.82 Å². The van der Waals surface area contributed by atoms with E-state index in [1.165, 1.54) is 0 Å². The maximum Gasteiger partial charge on any atom is 0.125 e. The summed E-state index contributed by atoms with van der Waals surface area (Å²) in [5.41, 5.74) is 0. The Bertz CT molecular complexity index is 226. The summed E-state index contributed by atoms with van der Waals surface area (Å²) in [6, 6.07) is 5.73. The number of hydrogen-bond acceptors (Lipinski definition) is 3. The van der Waals surface area contributed by atoms with Crippen LogP contribution in [0.1, 0.15) is 19.8 Å². The van der Waals surface area contributed by atoms with E-state index in [0.717, 1.165) is 25.2 Å². The van der Waals surface area contributed by atoms with Gasteiger partial charge in [0.2, 0.25) is 0 Å². The molecule has 1 rings (SSSR count). The SMILES string of the molecule is CCC(O)CCNc1ccccn1. The number of anilines is 1. The molecule has 0 aromatic carbocycles. The lowest BCUT2D eigenvalue weighted by atomic mass is 10.2. The minimum absolute atomic E-state index is 0.198. The van der Waals surface area contributed by atoms with Crippen molar-refractivity contribution in [1.82, 2.24) is 4.98 Å². The standard InChI is InChI=1S/C10H16N2O/c1-2-9(13)6-8-12-10-5-3-4-7-11-10/h3-5,7,9,13H,2,6,8H2,1H3,(H,11,12). The Labute approximate surface area is 78.8 Å². The number of aliphatic hydroxyl groups is 1. The number of aliphatic hydroxyl groups excluding tert-OH is 1. The lowest BCUT2D eigenvalue weighted by Crippen LogP contribution is -2.12. The van der Waals surface area contributed by atoms with Gasteiger partial charge in [-0.3, -0.25) is 0 Å². The van der Waals surface area contributed by atoms with E-state index in [0.29, 0.717) is 0 Å². The molecule has 1 unspecified atom stereocenters. The van der Waals surface area contributed by atoms with Crippen LogP contribution in [0.5, 0.6) is 0 Å². The Morgan fingerprint density at radius 3 is 3.00 bits per heavy atom. The zero-order valence-corrected chi connectivity index (χ0v) is 7.90. The van der Waals surface area contributed by atoms with E-state index in [4.69, 9.17) is 0 Å². The van der Waals surface area contributed by atoms with Crippen molar-refractivity contribution < 1.29 is 5.11 Å². The molecule has 3 nitrogen and oxygen atoms in total. The fraction of sp³-hybridized carbons (Fsp3) is 0.500. The molecule has 0 fully saturated rings. The average molecular weight is 180 g/mol. The summed E-state index contributed by atoms with van der Waals surface area (Å²) in [6.07, 6.45) is 3.13. The molecule has 0 amide bonds. The molecule has 0 bridgehead atoms. The van der Waals surface area contributed by atoms with Crippen LogP contribution in [0, 0.1) is 0 Å². The van der Waals surface area contributed by atoms with Gasteiger partial charge < -0.3 is 10.4 Å². The summed E-state index contributed by atoms with van der Waals surface area (Å²) >= 11 is 0. The van der Waals surface area contributed by atoms with Crippen LogP contribution in [-0.2, 0) is 0 Å². The molecule has 0 aliphatic carbocycles. The third-order valence-electron chi connectivity index (χ3n) is 1.92. The first-order valence-corrected chi connectivity index (χ1v) is 4.66. The number of aromatic nitrogens is 1. The van der Waals surface area contributed by atoms with E-state index >= 15 is 0 Å². The molecule has 0 spiro atoms. The van der Waals surface area contributed by atoms with Crippen molar-refractivity contribution in [2.24, 2.45) is 0 Å². The van der Waals surface area contributed by atoms with Crippen molar-refractivity contribution in [1.29, 1.82) is 0 Å². The molecular weight excluding hydrogens is 164 g/mol. The molecule has 2 N–H and O–H groups in total. The Kier molecular flexibility index (Phi) is 4.26. The van der Waals surface area contributed by atoms with Gasteiger partial charge in [-0.25, -0.2) is 4.98 Å². The smallest absolute Gasteiger partial charge is 0.125 e. The normalized spacial score (nSPS) is 12.5. The lowest BCUT2D eigenvalue weighted by molar-refractivity contribution is 0.164. The first-order chi connectivity index (χ1) is 6.33. The van der Waals surface area contributed by atoms with Crippen LogP contribution in [0.4, 0.5) is 5.82 Å². The van der Waals surface area contributed by atoms with Crippen LogP contribution in [-0.4, -0.2) is 22.7 Å². The maximum absolute atomic E-state index is 9.28. The molecule has 0 aliphatic rings. The first-order valence-electron chi connectivity index (χ1n) is 4.66. The molecule has 3 heteroatoms. The summed E-state index contributed by atoms with van der Waals surface area (Å²) in [5.74, 6) is 0.866.